The molecule has 1 N–H and O–H groups in total. The molecule has 8 nitrogen and oxygen atoms in total. The molecule has 3 aliphatic rings. The van der Waals surface area contributed by atoms with E-state index in [0.717, 1.165) is 5.56 Å². The molecule has 182 valence electrons. The predicted octanol–water partition coefficient (Wildman–Crippen LogP) is 2.26. The summed E-state index contributed by atoms with van der Waals surface area (Å²) >= 11 is 6.49. The highest BCUT2D eigenvalue weighted by atomic mass is 35.5. The van der Waals surface area contributed by atoms with E-state index in [2.05, 4.69) is 13.2 Å². The van der Waals surface area contributed by atoms with Crippen molar-refractivity contribution in [3.8, 4) is 0 Å². The van der Waals surface area contributed by atoms with Crippen molar-refractivity contribution in [2.24, 2.45) is 11.8 Å². The van der Waals surface area contributed by atoms with Gasteiger partial charge in [-0.05, 0) is 31.4 Å². The third-order valence-electron chi connectivity index (χ3n) is 7.03. The van der Waals surface area contributed by atoms with Crippen LogP contribution in [0.2, 0.25) is 5.02 Å². The minimum Gasteiger partial charge on any atom is -0.461 e. The van der Waals surface area contributed by atoms with Crippen molar-refractivity contribution >= 4 is 35.1 Å². The third-order valence-corrected chi connectivity index (χ3v) is 7.33. The fourth-order valence-electron chi connectivity index (χ4n) is 5.82. The Hall–Kier alpha value is -2.68. The lowest BCUT2D eigenvalue weighted by molar-refractivity contribution is -0.154. The third kappa shape index (κ3) is 3.65. The van der Waals surface area contributed by atoms with E-state index >= 15 is 0 Å². The molecular formula is C25H29ClN2O6. The van der Waals surface area contributed by atoms with Crippen LogP contribution in [-0.4, -0.2) is 71.8 Å². The zero-order valence-corrected chi connectivity index (χ0v) is 19.9. The van der Waals surface area contributed by atoms with Crippen molar-refractivity contribution in [1.29, 1.82) is 0 Å². The average molecular weight is 489 g/mol. The Morgan fingerprint density at radius 3 is 2.79 bits per heavy atom. The van der Waals surface area contributed by atoms with Gasteiger partial charge in [0.25, 0.3) is 5.91 Å². The standard InChI is InChI=1S/C25H29ClN2O6/c1-4-11-27(20-15(3)7-6-8-16(20)26)23(31)21-25-10-9-17(34-25)18(24(32)33-14-5-2)19(25)22(30)28(21)12-13-29/h4-8,17-19,21,29H,1-2,9-14H2,3H3/t17-,18+,19-,21?,25?/m0/s1. The first-order valence-corrected chi connectivity index (χ1v) is 11.7. The number of nitrogens with zero attached hydrogens (tertiary/aromatic N) is 2. The van der Waals surface area contributed by atoms with E-state index < -0.39 is 35.6 Å². The van der Waals surface area contributed by atoms with E-state index in [9.17, 15) is 19.5 Å². The van der Waals surface area contributed by atoms with Crippen molar-refractivity contribution in [3.05, 3.63) is 54.1 Å². The van der Waals surface area contributed by atoms with Crippen LogP contribution >= 0.6 is 11.6 Å². The van der Waals surface area contributed by atoms with Crippen molar-refractivity contribution in [2.75, 3.05) is 31.2 Å². The lowest BCUT2D eigenvalue weighted by atomic mass is 9.70. The molecule has 1 aromatic rings. The lowest BCUT2D eigenvalue weighted by Crippen LogP contribution is -2.57. The molecule has 34 heavy (non-hydrogen) atoms. The van der Waals surface area contributed by atoms with Gasteiger partial charge in [0.05, 0.1) is 35.3 Å². The summed E-state index contributed by atoms with van der Waals surface area (Å²) in [5.41, 5.74) is 0.137. The second kappa shape index (κ2) is 9.52. The van der Waals surface area contributed by atoms with Gasteiger partial charge in [-0.15, -0.1) is 6.58 Å². The van der Waals surface area contributed by atoms with Crippen molar-refractivity contribution < 1.29 is 29.0 Å². The number of carbonyl (C=O) groups excluding carboxylic acids is 3. The molecule has 1 spiro atoms. The number of para-hydroxylation sites is 1. The number of ether oxygens (including phenoxy) is 2. The molecule has 0 aliphatic carbocycles. The first-order chi connectivity index (χ1) is 16.3. The molecule has 9 heteroatoms. The van der Waals surface area contributed by atoms with E-state index in [4.69, 9.17) is 21.1 Å². The summed E-state index contributed by atoms with van der Waals surface area (Å²) in [6, 6.07) is 4.32. The van der Waals surface area contributed by atoms with Gasteiger partial charge >= 0.3 is 5.97 Å². The summed E-state index contributed by atoms with van der Waals surface area (Å²) in [6.07, 6.45) is 3.52. The first-order valence-electron chi connectivity index (χ1n) is 11.4. The second-order valence-electron chi connectivity index (χ2n) is 8.87. The van der Waals surface area contributed by atoms with Crippen LogP contribution in [0.4, 0.5) is 5.69 Å². The molecular weight excluding hydrogens is 460 g/mol. The van der Waals surface area contributed by atoms with E-state index in [1.807, 2.05) is 13.0 Å². The number of aliphatic hydroxyl groups excluding tert-OH is 1. The summed E-state index contributed by atoms with van der Waals surface area (Å²) in [4.78, 5) is 43.5. The monoisotopic (exact) mass is 488 g/mol. The zero-order chi connectivity index (χ0) is 24.6. The first kappa shape index (κ1) is 24.4. The number of amides is 2. The molecule has 3 heterocycles. The number of anilines is 1. The number of benzene rings is 1. The molecule has 2 unspecified atom stereocenters. The Bertz CT molecular complexity index is 1010. The number of carbonyl (C=O) groups is 3. The molecule has 3 aliphatic heterocycles. The number of β-amino-alcohol motifs (C(OH)–C–C–N with tert-alkyl or cyclic N) is 1. The highest BCUT2D eigenvalue weighted by molar-refractivity contribution is 6.34. The maximum absolute atomic E-state index is 14.2. The highest BCUT2D eigenvalue weighted by Crippen LogP contribution is 2.59. The number of esters is 1. The topological polar surface area (TPSA) is 96.4 Å². The summed E-state index contributed by atoms with van der Waals surface area (Å²) in [5, 5.41) is 10.1. The van der Waals surface area contributed by atoms with Crippen LogP contribution in [0.3, 0.4) is 0 Å². The van der Waals surface area contributed by atoms with Crippen LogP contribution in [-0.2, 0) is 23.9 Å². The predicted molar refractivity (Wildman–Crippen MR) is 126 cm³/mol. The fraction of sp³-hybridized carbons (Fsp3) is 0.480. The van der Waals surface area contributed by atoms with Crippen LogP contribution in [0.5, 0.6) is 0 Å². The lowest BCUT2D eigenvalue weighted by Gasteiger charge is -2.37. The van der Waals surface area contributed by atoms with Crippen molar-refractivity contribution in [1.82, 2.24) is 4.90 Å². The smallest absolute Gasteiger partial charge is 0.312 e. The fourth-order valence-corrected chi connectivity index (χ4v) is 6.14. The molecule has 2 bridgehead atoms. The van der Waals surface area contributed by atoms with Gasteiger partial charge in [-0.2, -0.15) is 0 Å². The molecule has 5 atom stereocenters. The number of likely N-dealkylation sites (tertiary alicyclic amines) is 1. The SMILES string of the molecule is C=CCOC(=O)[C@@H]1[C@@H]2CCC3(O2)C(C(=O)N(CC=C)c2c(C)cccc2Cl)N(CCO)C(=O)[C@H]13. The van der Waals surface area contributed by atoms with Crippen molar-refractivity contribution in [2.45, 2.75) is 37.5 Å². The molecule has 2 amide bonds. The van der Waals surface area contributed by atoms with Crippen LogP contribution in [0.15, 0.2) is 43.5 Å². The molecule has 1 aromatic carbocycles. The molecule has 0 aromatic heterocycles. The van der Waals surface area contributed by atoms with E-state index in [1.54, 1.807) is 18.2 Å². The quantitative estimate of drug-likeness (QED) is 0.423. The minimum atomic E-state index is -1.18. The minimum absolute atomic E-state index is 0.0254. The van der Waals surface area contributed by atoms with Gasteiger partial charge in [-0.3, -0.25) is 14.4 Å². The molecule has 3 saturated heterocycles. The molecule has 3 fully saturated rings. The molecule has 4 rings (SSSR count). The van der Waals surface area contributed by atoms with Gasteiger partial charge in [-0.1, -0.05) is 42.5 Å². The summed E-state index contributed by atoms with van der Waals surface area (Å²) < 4.78 is 11.6. The molecule has 0 radical (unpaired) electrons. The summed E-state index contributed by atoms with van der Waals surface area (Å²) in [7, 11) is 0. The Balaban J connectivity index is 1.77. The van der Waals surface area contributed by atoms with E-state index in [-0.39, 0.29) is 38.1 Å². The maximum Gasteiger partial charge on any atom is 0.312 e. The van der Waals surface area contributed by atoms with Gasteiger partial charge in [0.1, 0.15) is 18.2 Å². The zero-order valence-electron chi connectivity index (χ0n) is 19.1. The number of rotatable bonds is 9. The number of aryl methyl sites for hydroxylation is 1. The van der Waals surface area contributed by atoms with E-state index in [0.29, 0.717) is 23.6 Å². The maximum atomic E-state index is 14.2. The van der Waals surface area contributed by atoms with Gasteiger partial charge in [0.2, 0.25) is 5.91 Å². The Labute approximate surface area is 203 Å². The normalized spacial score (nSPS) is 29.1. The Kier molecular flexibility index (Phi) is 6.85. The average Bonchev–Trinajstić information content (AvgIpc) is 3.44. The number of aliphatic hydroxyl groups is 1. The number of halogens is 1. The van der Waals surface area contributed by atoms with Crippen molar-refractivity contribution in [3.63, 3.8) is 0 Å². The highest BCUT2D eigenvalue weighted by Gasteiger charge is 2.75. The summed E-state index contributed by atoms with van der Waals surface area (Å²) in [5.74, 6) is -2.98. The second-order valence-corrected chi connectivity index (χ2v) is 9.28. The van der Waals surface area contributed by atoms with Crippen LogP contribution in [0.25, 0.3) is 0 Å². The van der Waals surface area contributed by atoms with Gasteiger partial charge < -0.3 is 24.4 Å². The number of hydrogen-bond donors (Lipinski definition) is 1. The largest absolute Gasteiger partial charge is 0.461 e. The summed E-state index contributed by atoms with van der Waals surface area (Å²) in [6.45, 7) is 8.99. The van der Waals surface area contributed by atoms with E-state index in [1.165, 1.54) is 15.9 Å². The van der Waals surface area contributed by atoms with Crippen LogP contribution in [0, 0.1) is 18.8 Å². The van der Waals surface area contributed by atoms with Gasteiger partial charge in [0.15, 0.2) is 0 Å². The van der Waals surface area contributed by atoms with Crippen LogP contribution < -0.4 is 4.90 Å². The molecule has 0 saturated carbocycles. The Morgan fingerprint density at radius 1 is 1.38 bits per heavy atom. The number of hydrogen-bond acceptors (Lipinski definition) is 6. The Morgan fingerprint density at radius 2 is 2.15 bits per heavy atom. The number of fused-ring (bicyclic) bond motifs is 1. The van der Waals surface area contributed by atoms with Crippen LogP contribution in [0.1, 0.15) is 18.4 Å². The van der Waals surface area contributed by atoms with Gasteiger partial charge in [-0.25, -0.2) is 0 Å². The van der Waals surface area contributed by atoms with Gasteiger partial charge in [0, 0.05) is 13.1 Å².